The molecule has 0 aliphatic heterocycles. The number of hydrogen-bond acceptors (Lipinski definition) is 4. The molecule has 0 radical (unpaired) electrons. The van der Waals surface area contributed by atoms with Crippen molar-refractivity contribution in [3.05, 3.63) is 80.3 Å². The molecule has 2 aromatic carbocycles. The van der Waals surface area contributed by atoms with Gasteiger partial charge in [-0.1, -0.05) is 24.3 Å². The molecule has 3 rings (SSSR count). The van der Waals surface area contributed by atoms with E-state index in [1.54, 1.807) is 25.2 Å². The molecular weight excluding hydrogens is 294 g/mol. The second-order valence-electron chi connectivity index (χ2n) is 5.00. The van der Waals surface area contributed by atoms with Crippen LogP contribution < -0.4 is 5.56 Å². The van der Waals surface area contributed by atoms with E-state index in [-0.39, 0.29) is 16.9 Å². The first-order chi connectivity index (χ1) is 11.1. The van der Waals surface area contributed by atoms with Gasteiger partial charge in [0.25, 0.3) is 11.2 Å². The molecule has 0 atom stereocenters. The summed E-state index contributed by atoms with van der Waals surface area (Å²) in [5.41, 5.74) is 1.83. The molecule has 23 heavy (non-hydrogen) atoms. The zero-order valence-electron chi connectivity index (χ0n) is 12.3. The van der Waals surface area contributed by atoms with Crippen LogP contribution in [0, 0.1) is 10.1 Å². The molecule has 1 aromatic heterocycles. The predicted octanol–water partition coefficient (Wildman–Crippen LogP) is 3.01. The summed E-state index contributed by atoms with van der Waals surface area (Å²) in [5.74, 6) is 0. The first-order valence-electron chi connectivity index (χ1n) is 6.95. The van der Waals surface area contributed by atoms with E-state index in [1.165, 1.54) is 22.8 Å². The molecule has 0 unspecified atom stereocenters. The molecule has 0 amide bonds. The summed E-state index contributed by atoms with van der Waals surface area (Å²) in [6, 6.07) is 13.7. The van der Waals surface area contributed by atoms with E-state index in [0.717, 1.165) is 5.52 Å². The highest BCUT2D eigenvalue weighted by Gasteiger charge is 2.10. The predicted molar refractivity (Wildman–Crippen MR) is 89.0 cm³/mol. The highest BCUT2D eigenvalue weighted by Crippen LogP contribution is 2.20. The van der Waals surface area contributed by atoms with Crippen molar-refractivity contribution in [3.8, 4) is 0 Å². The number of fused-ring (bicyclic) bond motifs is 1. The van der Waals surface area contributed by atoms with Crippen LogP contribution in [0.1, 0.15) is 11.3 Å². The summed E-state index contributed by atoms with van der Waals surface area (Å²) in [6.07, 6.45) is 3.05. The summed E-state index contributed by atoms with van der Waals surface area (Å²) in [6.45, 7) is 0. The first-order valence-corrected chi connectivity index (χ1v) is 6.95. The molecule has 0 bridgehead atoms. The third kappa shape index (κ3) is 2.74. The summed E-state index contributed by atoms with van der Waals surface area (Å²) >= 11 is 0. The van der Waals surface area contributed by atoms with E-state index < -0.39 is 4.92 Å². The first kappa shape index (κ1) is 14.6. The molecule has 0 aliphatic carbocycles. The maximum Gasteiger partial charge on any atom is 0.276 e. The molecule has 1 heterocycles. The SMILES string of the molecule is Cn1c(=O)c(/C=C/c2ccccc2[N+](=O)[O-])nc2ccccc21. The van der Waals surface area contributed by atoms with Crippen molar-refractivity contribution < 1.29 is 4.92 Å². The fourth-order valence-corrected chi connectivity index (χ4v) is 2.37. The Kier molecular flexibility index (Phi) is 3.72. The van der Waals surface area contributed by atoms with Crippen LogP contribution in [0.15, 0.2) is 53.3 Å². The lowest BCUT2D eigenvalue weighted by Gasteiger charge is -2.05. The van der Waals surface area contributed by atoms with E-state index in [9.17, 15) is 14.9 Å². The molecule has 0 fully saturated rings. The highest BCUT2D eigenvalue weighted by molar-refractivity contribution is 5.78. The molecule has 6 heteroatoms. The number of para-hydroxylation sites is 3. The maximum atomic E-state index is 12.3. The number of hydrogen-bond donors (Lipinski definition) is 0. The standard InChI is InChI=1S/C17H13N3O3/c1-19-16-9-5-3-7-13(16)18-14(17(19)21)11-10-12-6-2-4-8-15(12)20(22)23/h2-11H,1H3/b11-10+. The van der Waals surface area contributed by atoms with Crippen LogP contribution in [0.2, 0.25) is 0 Å². The number of nitro groups is 1. The minimum absolute atomic E-state index is 0.0126. The normalized spacial score (nSPS) is 11.2. The molecule has 0 N–H and O–H groups in total. The summed E-state index contributed by atoms with van der Waals surface area (Å²) < 4.78 is 1.52. The van der Waals surface area contributed by atoms with Crippen molar-refractivity contribution in [3.63, 3.8) is 0 Å². The molecule has 114 valence electrons. The fraction of sp³-hybridized carbons (Fsp3) is 0.0588. The monoisotopic (exact) mass is 307 g/mol. The van der Waals surface area contributed by atoms with Gasteiger partial charge >= 0.3 is 0 Å². The summed E-state index contributed by atoms with van der Waals surface area (Å²) in [7, 11) is 1.68. The number of benzene rings is 2. The highest BCUT2D eigenvalue weighted by atomic mass is 16.6. The minimum atomic E-state index is -0.453. The van der Waals surface area contributed by atoms with Gasteiger partial charge in [0.2, 0.25) is 0 Å². The smallest absolute Gasteiger partial charge is 0.276 e. The number of nitrogens with zero attached hydrogens (tertiary/aromatic N) is 3. The van der Waals surface area contributed by atoms with Crippen molar-refractivity contribution in [2.24, 2.45) is 7.05 Å². The molecule has 0 aliphatic rings. The van der Waals surface area contributed by atoms with Crippen LogP contribution in [0.25, 0.3) is 23.2 Å². The summed E-state index contributed by atoms with van der Waals surface area (Å²) in [5, 5.41) is 11.0. The van der Waals surface area contributed by atoms with E-state index in [2.05, 4.69) is 4.98 Å². The zero-order chi connectivity index (χ0) is 16.4. The Morgan fingerprint density at radius 2 is 1.78 bits per heavy atom. The quantitative estimate of drug-likeness (QED) is 0.550. The molecule has 3 aromatic rings. The molecule has 0 saturated heterocycles. The van der Waals surface area contributed by atoms with E-state index in [1.807, 2.05) is 24.3 Å². The van der Waals surface area contributed by atoms with Gasteiger partial charge in [0, 0.05) is 13.1 Å². The van der Waals surface area contributed by atoms with Gasteiger partial charge < -0.3 is 4.57 Å². The average Bonchev–Trinajstić information content (AvgIpc) is 2.57. The van der Waals surface area contributed by atoms with Gasteiger partial charge in [-0.25, -0.2) is 4.98 Å². The van der Waals surface area contributed by atoms with Gasteiger partial charge in [0.15, 0.2) is 0 Å². The largest absolute Gasteiger partial charge is 0.308 e. The zero-order valence-corrected chi connectivity index (χ0v) is 12.3. The van der Waals surface area contributed by atoms with E-state index in [4.69, 9.17) is 0 Å². The fourth-order valence-electron chi connectivity index (χ4n) is 2.37. The lowest BCUT2D eigenvalue weighted by atomic mass is 10.1. The van der Waals surface area contributed by atoms with Gasteiger partial charge in [0.05, 0.1) is 21.5 Å². The van der Waals surface area contributed by atoms with Crippen molar-refractivity contribution in [2.75, 3.05) is 0 Å². The lowest BCUT2D eigenvalue weighted by molar-refractivity contribution is -0.385. The second-order valence-corrected chi connectivity index (χ2v) is 5.00. The summed E-state index contributed by atoms with van der Waals surface area (Å²) in [4.78, 5) is 27.2. The minimum Gasteiger partial charge on any atom is -0.308 e. The Balaban J connectivity index is 2.11. The molecule has 6 nitrogen and oxygen atoms in total. The number of aromatic nitrogens is 2. The number of aryl methyl sites for hydroxylation is 1. The van der Waals surface area contributed by atoms with Crippen molar-refractivity contribution >= 4 is 28.9 Å². The third-order valence-electron chi connectivity index (χ3n) is 3.56. The van der Waals surface area contributed by atoms with Gasteiger partial charge in [-0.05, 0) is 30.4 Å². The lowest BCUT2D eigenvalue weighted by Crippen LogP contribution is -2.21. The van der Waals surface area contributed by atoms with Gasteiger partial charge in [-0.2, -0.15) is 0 Å². The molecule has 0 spiro atoms. The van der Waals surface area contributed by atoms with Crippen molar-refractivity contribution in [1.29, 1.82) is 0 Å². The Bertz CT molecular complexity index is 990. The number of rotatable bonds is 3. The van der Waals surface area contributed by atoms with Crippen LogP contribution in [-0.4, -0.2) is 14.5 Å². The van der Waals surface area contributed by atoms with Crippen LogP contribution in [0.4, 0.5) is 5.69 Å². The Hall–Kier alpha value is -3.28. The average molecular weight is 307 g/mol. The number of nitro benzene ring substituents is 1. The van der Waals surface area contributed by atoms with Crippen molar-refractivity contribution in [2.45, 2.75) is 0 Å². The third-order valence-corrected chi connectivity index (χ3v) is 3.56. The van der Waals surface area contributed by atoms with Gasteiger partial charge in [-0.15, -0.1) is 0 Å². The van der Waals surface area contributed by atoms with E-state index in [0.29, 0.717) is 11.1 Å². The van der Waals surface area contributed by atoms with Crippen LogP contribution in [0.5, 0.6) is 0 Å². The Morgan fingerprint density at radius 1 is 1.09 bits per heavy atom. The topological polar surface area (TPSA) is 78.0 Å². The van der Waals surface area contributed by atoms with Crippen molar-refractivity contribution in [1.82, 2.24) is 9.55 Å². The maximum absolute atomic E-state index is 12.3. The van der Waals surface area contributed by atoms with Gasteiger partial charge in [-0.3, -0.25) is 14.9 Å². The van der Waals surface area contributed by atoms with E-state index >= 15 is 0 Å². The van der Waals surface area contributed by atoms with Gasteiger partial charge in [0.1, 0.15) is 5.69 Å². The Morgan fingerprint density at radius 3 is 2.57 bits per heavy atom. The van der Waals surface area contributed by atoms with Crippen LogP contribution in [0.3, 0.4) is 0 Å². The van der Waals surface area contributed by atoms with Crippen LogP contribution >= 0.6 is 0 Å². The second kappa shape index (κ2) is 5.84. The van der Waals surface area contributed by atoms with Crippen LogP contribution in [-0.2, 0) is 7.05 Å². The molecular formula is C17H13N3O3. The Labute approximate surface area is 131 Å². The molecule has 0 saturated carbocycles.